The highest BCUT2D eigenvalue weighted by atomic mass is 127. The second-order valence-electron chi connectivity index (χ2n) is 5.60. The van der Waals surface area contributed by atoms with Gasteiger partial charge in [-0.25, -0.2) is 0 Å². The van der Waals surface area contributed by atoms with Gasteiger partial charge in [0.1, 0.15) is 0 Å². The van der Waals surface area contributed by atoms with Crippen molar-refractivity contribution < 1.29 is 9.59 Å². The van der Waals surface area contributed by atoms with E-state index >= 15 is 0 Å². The van der Waals surface area contributed by atoms with Crippen molar-refractivity contribution in [2.75, 3.05) is 22.1 Å². The molecule has 0 atom stereocenters. The molecule has 6 heteroatoms. The molecule has 2 amide bonds. The van der Waals surface area contributed by atoms with Crippen LogP contribution in [0.5, 0.6) is 0 Å². The number of rotatable bonds is 7. The summed E-state index contributed by atoms with van der Waals surface area (Å²) in [6, 6.07) is 13.7. The van der Waals surface area contributed by atoms with Gasteiger partial charge in [-0.1, -0.05) is 19.1 Å². The number of hydrogen-bond acceptors (Lipinski definition) is 3. The number of thioether (sulfide) groups is 1. The average molecular weight is 468 g/mol. The van der Waals surface area contributed by atoms with Crippen LogP contribution in [0.25, 0.3) is 0 Å². The Labute approximate surface area is 166 Å². The first-order valence-corrected chi connectivity index (χ1v) is 10.2. The topological polar surface area (TPSA) is 58.2 Å². The van der Waals surface area contributed by atoms with Crippen LogP contribution in [-0.2, 0) is 16.0 Å². The molecule has 0 aliphatic carbocycles. The van der Waals surface area contributed by atoms with Crippen molar-refractivity contribution in [1.29, 1.82) is 0 Å². The number of anilines is 2. The maximum absolute atomic E-state index is 12.0. The maximum atomic E-state index is 12.0. The Balaban J connectivity index is 1.73. The Bertz CT molecular complexity index is 748. The van der Waals surface area contributed by atoms with Crippen LogP contribution in [0.4, 0.5) is 11.4 Å². The largest absolute Gasteiger partial charge is 0.325 e. The molecular formula is C19H21IN2O2S. The number of nitrogens with one attached hydrogen (secondary N) is 2. The summed E-state index contributed by atoms with van der Waals surface area (Å²) < 4.78 is 1.13. The van der Waals surface area contributed by atoms with Crippen LogP contribution in [0.15, 0.2) is 42.5 Å². The third kappa shape index (κ3) is 6.70. The van der Waals surface area contributed by atoms with E-state index in [0.717, 1.165) is 26.9 Å². The van der Waals surface area contributed by atoms with Gasteiger partial charge in [0.05, 0.1) is 11.5 Å². The number of carbonyl (C=O) groups is 2. The summed E-state index contributed by atoms with van der Waals surface area (Å²) in [5.41, 5.74) is 3.85. The molecule has 2 aromatic carbocycles. The zero-order valence-corrected chi connectivity index (χ0v) is 17.2. The number of benzene rings is 2. The molecular weight excluding hydrogens is 447 g/mol. The average Bonchev–Trinajstić information content (AvgIpc) is 2.58. The molecule has 0 radical (unpaired) electrons. The van der Waals surface area contributed by atoms with E-state index in [1.54, 1.807) is 0 Å². The van der Waals surface area contributed by atoms with Gasteiger partial charge >= 0.3 is 0 Å². The predicted octanol–water partition coefficient (Wildman–Crippen LogP) is 4.47. The van der Waals surface area contributed by atoms with Gasteiger partial charge in [-0.05, 0) is 77.4 Å². The highest BCUT2D eigenvalue weighted by Gasteiger charge is 2.08. The van der Waals surface area contributed by atoms with Crippen LogP contribution in [0.1, 0.15) is 18.1 Å². The van der Waals surface area contributed by atoms with Gasteiger partial charge < -0.3 is 10.6 Å². The predicted molar refractivity (Wildman–Crippen MR) is 114 cm³/mol. The Hall–Kier alpha value is -1.54. The fourth-order valence-electron chi connectivity index (χ4n) is 2.21. The van der Waals surface area contributed by atoms with Crippen molar-refractivity contribution in [3.63, 3.8) is 0 Å². The van der Waals surface area contributed by atoms with Gasteiger partial charge in [0.25, 0.3) is 0 Å². The smallest absolute Gasteiger partial charge is 0.234 e. The molecule has 0 fully saturated rings. The molecule has 0 unspecified atom stereocenters. The maximum Gasteiger partial charge on any atom is 0.234 e. The van der Waals surface area contributed by atoms with Crippen molar-refractivity contribution >= 4 is 57.5 Å². The molecule has 2 rings (SSSR count). The molecule has 0 saturated carbocycles. The third-order valence-corrected chi connectivity index (χ3v) is 5.18. The summed E-state index contributed by atoms with van der Waals surface area (Å²) in [5.74, 6) is 0.282. The van der Waals surface area contributed by atoms with Gasteiger partial charge in [0.15, 0.2) is 0 Å². The summed E-state index contributed by atoms with van der Waals surface area (Å²) in [5, 5.41) is 5.72. The van der Waals surface area contributed by atoms with E-state index in [0.29, 0.717) is 0 Å². The number of amides is 2. The lowest BCUT2D eigenvalue weighted by molar-refractivity contribution is -0.114. The minimum absolute atomic E-state index is 0.102. The number of halogens is 1. The van der Waals surface area contributed by atoms with Gasteiger partial charge in [-0.15, -0.1) is 11.8 Å². The molecule has 25 heavy (non-hydrogen) atoms. The number of carbonyl (C=O) groups excluding carboxylic acids is 2. The van der Waals surface area contributed by atoms with Crippen molar-refractivity contribution in [3.8, 4) is 0 Å². The van der Waals surface area contributed by atoms with Crippen LogP contribution in [0, 0.1) is 10.5 Å². The van der Waals surface area contributed by atoms with E-state index in [2.05, 4.69) is 40.1 Å². The quantitative estimate of drug-likeness (QED) is 0.590. The van der Waals surface area contributed by atoms with Gasteiger partial charge in [0.2, 0.25) is 11.8 Å². The second kappa shape index (κ2) is 9.82. The lowest BCUT2D eigenvalue weighted by Crippen LogP contribution is -2.18. The summed E-state index contributed by atoms with van der Waals surface area (Å²) in [4.78, 5) is 23.9. The van der Waals surface area contributed by atoms with Crippen molar-refractivity contribution in [2.24, 2.45) is 0 Å². The lowest BCUT2D eigenvalue weighted by atomic mass is 10.1. The Morgan fingerprint density at radius 3 is 2.24 bits per heavy atom. The summed E-state index contributed by atoms with van der Waals surface area (Å²) in [6.07, 6.45) is 0.971. The van der Waals surface area contributed by atoms with E-state index in [1.165, 1.54) is 17.3 Å². The molecule has 2 aromatic rings. The molecule has 0 heterocycles. The minimum Gasteiger partial charge on any atom is -0.325 e. The molecule has 0 saturated heterocycles. The van der Waals surface area contributed by atoms with Crippen LogP contribution in [-0.4, -0.2) is 23.3 Å². The first-order valence-electron chi connectivity index (χ1n) is 8.00. The molecule has 0 aromatic heterocycles. The van der Waals surface area contributed by atoms with Crippen molar-refractivity contribution in [3.05, 3.63) is 57.2 Å². The monoisotopic (exact) mass is 468 g/mol. The molecule has 0 bridgehead atoms. The zero-order chi connectivity index (χ0) is 18.2. The molecule has 4 nitrogen and oxygen atoms in total. The normalized spacial score (nSPS) is 10.4. The van der Waals surface area contributed by atoms with E-state index in [1.807, 2.05) is 49.4 Å². The fourth-order valence-corrected chi connectivity index (χ4v) is 3.47. The highest BCUT2D eigenvalue weighted by Crippen LogP contribution is 2.18. The number of hydrogen-bond donors (Lipinski definition) is 2. The van der Waals surface area contributed by atoms with E-state index in [-0.39, 0.29) is 23.3 Å². The third-order valence-electron chi connectivity index (χ3n) is 3.57. The van der Waals surface area contributed by atoms with Gasteiger partial charge in [-0.2, -0.15) is 0 Å². The Morgan fingerprint density at radius 1 is 1.00 bits per heavy atom. The molecule has 0 aliphatic heterocycles. The summed E-state index contributed by atoms with van der Waals surface area (Å²) in [6.45, 7) is 4.05. The molecule has 0 aliphatic rings. The molecule has 0 spiro atoms. The highest BCUT2D eigenvalue weighted by molar-refractivity contribution is 14.1. The Morgan fingerprint density at radius 2 is 1.64 bits per heavy atom. The zero-order valence-electron chi connectivity index (χ0n) is 14.3. The molecule has 132 valence electrons. The van der Waals surface area contributed by atoms with Gasteiger partial charge in [-0.3, -0.25) is 9.59 Å². The van der Waals surface area contributed by atoms with Crippen molar-refractivity contribution in [2.45, 2.75) is 20.3 Å². The standard InChI is InChI=1S/C19H21IN2O2S/c1-3-14-4-7-16(8-5-14)21-18(23)11-25-12-19(24)22-17-9-6-15(20)10-13(17)2/h4-10H,3,11-12H2,1-2H3,(H,21,23)(H,22,24). The SMILES string of the molecule is CCc1ccc(NC(=O)CSCC(=O)Nc2ccc(I)cc2C)cc1. The van der Waals surface area contributed by atoms with E-state index < -0.39 is 0 Å². The van der Waals surface area contributed by atoms with Crippen LogP contribution in [0.3, 0.4) is 0 Å². The fraction of sp³-hybridized carbons (Fsp3) is 0.263. The summed E-state index contributed by atoms with van der Waals surface area (Å²) >= 11 is 3.54. The first-order chi connectivity index (χ1) is 12.0. The molecule has 2 N–H and O–H groups in total. The van der Waals surface area contributed by atoms with Gasteiger partial charge in [0, 0.05) is 14.9 Å². The van der Waals surface area contributed by atoms with Crippen LogP contribution < -0.4 is 10.6 Å². The Kier molecular flexibility index (Phi) is 7.77. The van der Waals surface area contributed by atoms with E-state index in [9.17, 15) is 9.59 Å². The summed E-state index contributed by atoms with van der Waals surface area (Å²) in [7, 11) is 0. The van der Waals surface area contributed by atoms with E-state index in [4.69, 9.17) is 0 Å². The van der Waals surface area contributed by atoms with Crippen LogP contribution in [0.2, 0.25) is 0 Å². The van der Waals surface area contributed by atoms with Crippen molar-refractivity contribution in [1.82, 2.24) is 0 Å². The van der Waals surface area contributed by atoms with Crippen LogP contribution >= 0.6 is 34.4 Å². The second-order valence-corrected chi connectivity index (χ2v) is 7.83. The minimum atomic E-state index is -0.104. The number of aryl methyl sites for hydroxylation is 2. The lowest BCUT2D eigenvalue weighted by Gasteiger charge is -2.09. The first kappa shape index (κ1) is 19.8.